The molecule has 2 aromatic heterocycles. The number of nitrogens with one attached hydrogen (secondary N) is 1. The molecule has 5 nitrogen and oxygen atoms in total. The fourth-order valence-electron chi connectivity index (χ4n) is 2.33. The minimum atomic E-state index is 0.629. The number of benzene rings is 1. The Balaban J connectivity index is 1.67. The largest absolute Gasteiger partial charge is 0.370 e. The van der Waals surface area contributed by atoms with Gasteiger partial charge in [0.15, 0.2) is 0 Å². The van der Waals surface area contributed by atoms with Gasteiger partial charge in [-0.1, -0.05) is 31.2 Å². The van der Waals surface area contributed by atoms with Gasteiger partial charge in [0, 0.05) is 18.3 Å². The van der Waals surface area contributed by atoms with E-state index in [1.807, 2.05) is 13.0 Å². The van der Waals surface area contributed by atoms with Gasteiger partial charge >= 0.3 is 0 Å². The van der Waals surface area contributed by atoms with Gasteiger partial charge in [-0.15, -0.1) is 0 Å². The summed E-state index contributed by atoms with van der Waals surface area (Å²) in [5.41, 5.74) is 3.64. The van der Waals surface area contributed by atoms with E-state index < -0.39 is 0 Å². The Hall–Kier alpha value is -2.43. The Kier molecular flexibility index (Phi) is 3.81. The minimum Gasteiger partial charge on any atom is -0.370 e. The van der Waals surface area contributed by atoms with Gasteiger partial charge in [0.05, 0.1) is 0 Å². The van der Waals surface area contributed by atoms with Crippen LogP contribution in [-0.4, -0.2) is 26.1 Å². The maximum Gasteiger partial charge on any atom is 0.254 e. The molecular weight excluding hydrogens is 262 g/mol. The lowest BCUT2D eigenvalue weighted by molar-refractivity contribution is 0.905. The normalized spacial score (nSPS) is 11.0. The summed E-state index contributed by atoms with van der Waals surface area (Å²) in [5.74, 6) is 1.56. The van der Waals surface area contributed by atoms with E-state index in [9.17, 15) is 0 Å². The molecule has 0 atom stereocenters. The molecule has 0 spiro atoms. The number of rotatable bonds is 5. The maximum atomic E-state index is 4.33. The summed E-state index contributed by atoms with van der Waals surface area (Å²) in [6.45, 7) is 4.99. The summed E-state index contributed by atoms with van der Waals surface area (Å²) in [6.07, 6.45) is 3.58. The maximum absolute atomic E-state index is 4.33. The van der Waals surface area contributed by atoms with Gasteiger partial charge in [0.25, 0.3) is 5.78 Å². The van der Waals surface area contributed by atoms with E-state index in [2.05, 4.69) is 51.6 Å². The lowest BCUT2D eigenvalue weighted by atomic mass is 10.1. The van der Waals surface area contributed by atoms with E-state index in [0.29, 0.717) is 5.78 Å². The smallest absolute Gasteiger partial charge is 0.254 e. The number of aromatic nitrogens is 4. The summed E-state index contributed by atoms with van der Waals surface area (Å²) in [4.78, 5) is 8.46. The van der Waals surface area contributed by atoms with Crippen molar-refractivity contribution in [2.75, 3.05) is 11.9 Å². The molecular formula is C16H19N5. The second kappa shape index (κ2) is 5.91. The van der Waals surface area contributed by atoms with Gasteiger partial charge in [-0.2, -0.15) is 14.6 Å². The fraction of sp³-hybridized carbons (Fsp3) is 0.312. The minimum absolute atomic E-state index is 0.629. The van der Waals surface area contributed by atoms with Crippen LogP contribution < -0.4 is 5.32 Å². The Labute approximate surface area is 124 Å². The molecule has 0 unspecified atom stereocenters. The molecule has 1 aromatic carbocycles. The van der Waals surface area contributed by atoms with Crippen LogP contribution >= 0.6 is 0 Å². The third kappa shape index (κ3) is 3.02. The van der Waals surface area contributed by atoms with Crippen molar-refractivity contribution in [3.05, 3.63) is 53.5 Å². The summed E-state index contributed by atoms with van der Waals surface area (Å²) in [7, 11) is 0. The highest BCUT2D eigenvalue weighted by Gasteiger charge is 2.04. The predicted octanol–water partition coefficient (Wildman–Crippen LogP) is 2.65. The lowest BCUT2D eigenvalue weighted by Crippen LogP contribution is -2.10. The zero-order valence-corrected chi connectivity index (χ0v) is 12.4. The number of fused-ring (bicyclic) bond motifs is 1. The van der Waals surface area contributed by atoms with Crippen molar-refractivity contribution >= 4 is 11.6 Å². The average molecular weight is 281 g/mol. The number of hydrogen-bond acceptors (Lipinski definition) is 4. The van der Waals surface area contributed by atoms with Crippen LogP contribution in [0, 0.1) is 6.92 Å². The molecule has 0 aliphatic rings. The molecule has 2 heterocycles. The van der Waals surface area contributed by atoms with E-state index in [0.717, 1.165) is 30.9 Å². The quantitative estimate of drug-likeness (QED) is 0.781. The molecule has 3 aromatic rings. The molecule has 108 valence electrons. The van der Waals surface area contributed by atoms with Gasteiger partial charge in [0.2, 0.25) is 0 Å². The molecule has 0 radical (unpaired) electrons. The van der Waals surface area contributed by atoms with Crippen molar-refractivity contribution in [2.45, 2.75) is 26.7 Å². The van der Waals surface area contributed by atoms with Crippen LogP contribution in [0.3, 0.4) is 0 Å². The van der Waals surface area contributed by atoms with Crippen LogP contribution in [0.15, 0.2) is 36.7 Å². The zero-order valence-electron chi connectivity index (χ0n) is 12.4. The average Bonchev–Trinajstić information content (AvgIpc) is 2.96. The van der Waals surface area contributed by atoms with Crippen LogP contribution in [0.5, 0.6) is 0 Å². The number of anilines is 1. The third-order valence-corrected chi connectivity index (χ3v) is 3.53. The Morgan fingerprint density at radius 3 is 2.67 bits per heavy atom. The van der Waals surface area contributed by atoms with Crippen LogP contribution in [0.4, 0.5) is 5.82 Å². The fourth-order valence-corrected chi connectivity index (χ4v) is 2.33. The van der Waals surface area contributed by atoms with E-state index >= 15 is 0 Å². The van der Waals surface area contributed by atoms with E-state index in [1.54, 1.807) is 4.52 Å². The summed E-state index contributed by atoms with van der Waals surface area (Å²) < 4.78 is 1.73. The molecule has 0 saturated heterocycles. The molecule has 0 saturated carbocycles. The Morgan fingerprint density at radius 2 is 1.90 bits per heavy atom. The van der Waals surface area contributed by atoms with E-state index in [4.69, 9.17) is 0 Å². The molecule has 3 rings (SSSR count). The highest BCUT2D eigenvalue weighted by Crippen LogP contribution is 2.11. The molecule has 21 heavy (non-hydrogen) atoms. The second-order valence-corrected chi connectivity index (χ2v) is 5.10. The third-order valence-electron chi connectivity index (χ3n) is 3.53. The van der Waals surface area contributed by atoms with E-state index in [-0.39, 0.29) is 0 Å². The summed E-state index contributed by atoms with van der Waals surface area (Å²) in [5, 5.41) is 7.60. The first-order valence-electron chi connectivity index (χ1n) is 7.25. The first-order valence-corrected chi connectivity index (χ1v) is 7.25. The zero-order chi connectivity index (χ0) is 14.7. The number of aryl methyl sites for hydroxylation is 2. The van der Waals surface area contributed by atoms with Crippen LogP contribution in [0.2, 0.25) is 0 Å². The number of nitrogens with zero attached hydrogens (tertiary/aromatic N) is 4. The molecule has 0 aliphatic heterocycles. The summed E-state index contributed by atoms with van der Waals surface area (Å²) >= 11 is 0. The van der Waals surface area contributed by atoms with E-state index in [1.165, 1.54) is 17.5 Å². The molecule has 0 bridgehead atoms. The van der Waals surface area contributed by atoms with Gasteiger partial charge in [-0.3, -0.25) is 0 Å². The number of hydrogen-bond donors (Lipinski definition) is 1. The van der Waals surface area contributed by atoms with Crippen LogP contribution in [0.25, 0.3) is 5.78 Å². The predicted molar refractivity (Wildman–Crippen MR) is 83.5 cm³/mol. The monoisotopic (exact) mass is 281 g/mol. The molecule has 1 N–H and O–H groups in total. The van der Waals surface area contributed by atoms with Gasteiger partial charge < -0.3 is 5.32 Å². The Bertz CT molecular complexity index is 730. The summed E-state index contributed by atoms with van der Waals surface area (Å²) in [6, 6.07) is 10.8. The first kappa shape index (κ1) is 13.5. The molecule has 5 heteroatoms. The van der Waals surface area contributed by atoms with Gasteiger partial charge in [-0.25, -0.2) is 4.98 Å². The highest BCUT2D eigenvalue weighted by atomic mass is 15.3. The molecule has 0 fully saturated rings. The molecule has 0 aliphatic carbocycles. The lowest BCUT2D eigenvalue weighted by Gasteiger charge is -2.09. The van der Waals surface area contributed by atoms with Gasteiger partial charge in [-0.05, 0) is 30.9 Å². The topological polar surface area (TPSA) is 55.1 Å². The second-order valence-electron chi connectivity index (χ2n) is 5.10. The van der Waals surface area contributed by atoms with Crippen molar-refractivity contribution in [1.29, 1.82) is 0 Å². The SMILES string of the molecule is CCc1ccc(CCNc2cc(C)nc3ncnn23)cc1. The van der Waals surface area contributed by atoms with Crippen molar-refractivity contribution < 1.29 is 0 Å². The van der Waals surface area contributed by atoms with Crippen molar-refractivity contribution in [3.8, 4) is 0 Å². The van der Waals surface area contributed by atoms with Crippen molar-refractivity contribution in [1.82, 2.24) is 19.6 Å². The Morgan fingerprint density at radius 1 is 1.14 bits per heavy atom. The van der Waals surface area contributed by atoms with Crippen LogP contribution in [-0.2, 0) is 12.8 Å². The van der Waals surface area contributed by atoms with Crippen molar-refractivity contribution in [2.24, 2.45) is 0 Å². The molecule has 0 amide bonds. The van der Waals surface area contributed by atoms with Crippen molar-refractivity contribution in [3.63, 3.8) is 0 Å². The van der Waals surface area contributed by atoms with Gasteiger partial charge in [0.1, 0.15) is 12.1 Å². The standard InChI is InChI=1S/C16H19N5/c1-3-13-4-6-14(7-5-13)8-9-17-15-10-12(2)20-16-18-11-19-21(15)16/h4-7,10-11,17H,3,8-9H2,1-2H3. The first-order chi connectivity index (χ1) is 10.3. The van der Waals surface area contributed by atoms with Crippen LogP contribution in [0.1, 0.15) is 23.7 Å². The highest BCUT2D eigenvalue weighted by molar-refractivity contribution is 5.44.